The molecule has 0 saturated heterocycles. The maximum atomic E-state index is 12.4. The molecule has 154 valence electrons. The third-order valence-electron chi connectivity index (χ3n) is 4.90. The molecule has 6 heteroatoms. The summed E-state index contributed by atoms with van der Waals surface area (Å²) in [6, 6.07) is 11.5. The van der Waals surface area contributed by atoms with Crippen molar-refractivity contribution in [1.29, 1.82) is 0 Å². The predicted molar refractivity (Wildman–Crippen MR) is 115 cm³/mol. The average Bonchev–Trinajstić information content (AvgIpc) is 3.04. The summed E-state index contributed by atoms with van der Waals surface area (Å²) in [5, 5.41) is 2.04. The van der Waals surface area contributed by atoms with Gasteiger partial charge in [0.25, 0.3) is 0 Å². The van der Waals surface area contributed by atoms with Gasteiger partial charge in [-0.15, -0.1) is 0 Å². The quantitative estimate of drug-likeness (QED) is 0.357. The van der Waals surface area contributed by atoms with Gasteiger partial charge in [-0.05, 0) is 66.9 Å². The highest BCUT2D eigenvalue weighted by Crippen LogP contribution is 2.22. The van der Waals surface area contributed by atoms with Crippen molar-refractivity contribution < 1.29 is 23.9 Å². The Balaban J connectivity index is 1.64. The fourth-order valence-electron chi connectivity index (χ4n) is 3.45. The first kappa shape index (κ1) is 21.0. The van der Waals surface area contributed by atoms with Crippen LogP contribution in [0.3, 0.4) is 0 Å². The molecule has 0 fully saturated rings. The lowest BCUT2D eigenvalue weighted by Gasteiger charge is -2.04. The Labute approximate surface area is 174 Å². The van der Waals surface area contributed by atoms with Crippen LogP contribution in [-0.2, 0) is 9.53 Å². The molecule has 2 aromatic carbocycles. The lowest BCUT2D eigenvalue weighted by Crippen LogP contribution is -2.14. The van der Waals surface area contributed by atoms with Crippen LogP contribution in [0.4, 0.5) is 0 Å². The van der Waals surface area contributed by atoms with E-state index in [1.165, 1.54) is 13.0 Å². The first-order valence-electron chi connectivity index (χ1n) is 9.46. The van der Waals surface area contributed by atoms with Crippen LogP contribution in [0.2, 0.25) is 0 Å². The van der Waals surface area contributed by atoms with Gasteiger partial charge in [-0.3, -0.25) is 9.59 Å². The monoisotopic (exact) mass is 405 g/mol. The number of ketones is 2. The molecular weight excluding hydrogens is 382 g/mol. The predicted octanol–water partition coefficient (Wildman–Crippen LogP) is 4.44. The van der Waals surface area contributed by atoms with E-state index in [-0.39, 0.29) is 11.6 Å². The second-order valence-electron chi connectivity index (χ2n) is 7.02. The summed E-state index contributed by atoms with van der Waals surface area (Å²) in [7, 11) is 1.62. The normalized spacial score (nSPS) is 11.1. The number of aromatic nitrogens is 1. The van der Waals surface area contributed by atoms with Gasteiger partial charge in [-0.2, -0.15) is 0 Å². The second kappa shape index (κ2) is 8.78. The van der Waals surface area contributed by atoms with Crippen LogP contribution in [0.1, 0.15) is 44.6 Å². The molecular formula is C24H23NO5. The van der Waals surface area contributed by atoms with E-state index >= 15 is 0 Å². The number of fused-ring (bicyclic) bond motifs is 1. The Hall–Kier alpha value is -3.67. The number of carbonyl (C=O) groups is 3. The van der Waals surface area contributed by atoms with Crippen molar-refractivity contribution in [3.63, 3.8) is 0 Å². The highest BCUT2D eigenvalue weighted by Gasteiger charge is 2.20. The van der Waals surface area contributed by atoms with Crippen LogP contribution < -0.4 is 4.74 Å². The van der Waals surface area contributed by atoms with Gasteiger partial charge < -0.3 is 14.5 Å². The molecule has 6 nitrogen and oxygen atoms in total. The number of aryl methyl sites for hydroxylation is 1. The fourth-order valence-corrected chi connectivity index (χ4v) is 3.45. The van der Waals surface area contributed by atoms with E-state index in [9.17, 15) is 14.4 Å². The van der Waals surface area contributed by atoms with Crippen LogP contribution in [0.15, 0.2) is 42.5 Å². The number of carbonyl (C=O) groups excluding carboxylic acids is 3. The Morgan fingerprint density at radius 1 is 1.03 bits per heavy atom. The van der Waals surface area contributed by atoms with E-state index < -0.39 is 12.6 Å². The minimum Gasteiger partial charge on any atom is -0.497 e. The molecule has 1 N–H and O–H groups in total. The number of H-pyrrole nitrogens is 1. The van der Waals surface area contributed by atoms with Crippen LogP contribution >= 0.6 is 0 Å². The maximum Gasteiger partial charge on any atom is 0.331 e. The van der Waals surface area contributed by atoms with Gasteiger partial charge in [-0.1, -0.05) is 18.2 Å². The third-order valence-corrected chi connectivity index (χ3v) is 4.90. The number of Topliss-reactive ketones (excluding diaryl/α,β-unsaturated/α-hetero) is 2. The number of hydrogen-bond acceptors (Lipinski definition) is 5. The number of ether oxygens (including phenoxy) is 2. The van der Waals surface area contributed by atoms with Crippen molar-refractivity contribution in [3.05, 3.63) is 70.6 Å². The molecule has 0 amide bonds. The smallest absolute Gasteiger partial charge is 0.331 e. The molecule has 0 saturated carbocycles. The van der Waals surface area contributed by atoms with Crippen molar-refractivity contribution in [2.75, 3.05) is 13.7 Å². The maximum absolute atomic E-state index is 12.4. The van der Waals surface area contributed by atoms with Gasteiger partial charge in [0.15, 0.2) is 12.4 Å². The van der Waals surface area contributed by atoms with Gasteiger partial charge in [0.2, 0.25) is 5.78 Å². The molecule has 30 heavy (non-hydrogen) atoms. The average molecular weight is 405 g/mol. The molecule has 1 heterocycles. The number of nitrogens with one attached hydrogen (secondary N) is 1. The molecule has 0 unspecified atom stereocenters. The molecule has 0 spiro atoms. The lowest BCUT2D eigenvalue weighted by molar-refractivity contribution is -0.136. The van der Waals surface area contributed by atoms with Gasteiger partial charge in [0.05, 0.1) is 12.8 Å². The van der Waals surface area contributed by atoms with E-state index in [0.717, 1.165) is 22.1 Å². The third kappa shape index (κ3) is 4.49. The molecule has 0 atom stereocenters. The van der Waals surface area contributed by atoms with E-state index in [4.69, 9.17) is 9.47 Å². The fraction of sp³-hybridized carbons (Fsp3) is 0.208. The SMILES string of the molecule is COc1ccc2cc(/C=C/C(=O)OCC(=O)c3[nH]c(C)c(C(C)=O)c3C)ccc2c1. The van der Waals surface area contributed by atoms with Gasteiger partial charge in [-0.25, -0.2) is 4.79 Å². The van der Waals surface area contributed by atoms with Crippen LogP contribution in [0.5, 0.6) is 5.75 Å². The summed E-state index contributed by atoms with van der Waals surface area (Å²) < 4.78 is 10.3. The minimum atomic E-state index is -0.620. The minimum absolute atomic E-state index is 0.117. The van der Waals surface area contributed by atoms with E-state index in [0.29, 0.717) is 22.5 Å². The Kier molecular flexibility index (Phi) is 6.16. The molecule has 3 aromatic rings. The van der Waals surface area contributed by atoms with Crippen LogP contribution in [-0.4, -0.2) is 36.2 Å². The van der Waals surface area contributed by atoms with Crippen molar-refractivity contribution in [1.82, 2.24) is 4.98 Å². The van der Waals surface area contributed by atoms with Gasteiger partial charge in [0, 0.05) is 17.3 Å². The highest BCUT2D eigenvalue weighted by molar-refractivity contribution is 6.04. The summed E-state index contributed by atoms with van der Waals surface area (Å²) in [5.41, 5.74) is 2.82. The van der Waals surface area contributed by atoms with E-state index in [2.05, 4.69) is 4.98 Å². The first-order chi connectivity index (χ1) is 14.3. The standard InChI is InChI=1S/C24H23NO5/c1-14-23(16(3)26)15(2)25-24(14)21(27)13-30-22(28)10-6-17-5-7-19-12-20(29-4)9-8-18(19)11-17/h5-12,25H,13H2,1-4H3/b10-6+. The first-order valence-corrected chi connectivity index (χ1v) is 9.46. The topological polar surface area (TPSA) is 85.5 Å². The van der Waals surface area contributed by atoms with Crippen molar-refractivity contribution in [3.8, 4) is 5.75 Å². The number of esters is 1. The number of benzene rings is 2. The van der Waals surface area contributed by atoms with Crippen LogP contribution in [0.25, 0.3) is 16.8 Å². The van der Waals surface area contributed by atoms with Crippen LogP contribution in [0, 0.1) is 13.8 Å². The summed E-state index contributed by atoms with van der Waals surface area (Å²) in [5.74, 6) is -0.341. The summed E-state index contributed by atoms with van der Waals surface area (Å²) in [4.78, 5) is 39.0. The lowest BCUT2D eigenvalue weighted by atomic mass is 10.1. The van der Waals surface area contributed by atoms with Gasteiger partial charge in [0.1, 0.15) is 5.75 Å². The molecule has 0 bridgehead atoms. The Morgan fingerprint density at radius 2 is 1.73 bits per heavy atom. The van der Waals surface area contributed by atoms with Crippen molar-refractivity contribution in [2.45, 2.75) is 20.8 Å². The Bertz CT molecular complexity index is 1170. The van der Waals surface area contributed by atoms with Gasteiger partial charge >= 0.3 is 5.97 Å². The highest BCUT2D eigenvalue weighted by atomic mass is 16.5. The zero-order valence-corrected chi connectivity index (χ0v) is 17.4. The van der Waals surface area contributed by atoms with E-state index in [1.807, 2.05) is 36.4 Å². The molecule has 0 aliphatic rings. The number of rotatable bonds is 7. The van der Waals surface area contributed by atoms with Crippen molar-refractivity contribution >= 4 is 34.4 Å². The molecule has 1 aromatic heterocycles. The van der Waals surface area contributed by atoms with Crippen molar-refractivity contribution in [2.24, 2.45) is 0 Å². The number of hydrogen-bond donors (Lipinski definition) is 1. The zero-order chi connectivity index (χ0) is 21.8. The summed E-state index contributed by atoms with van der Waals surface area (Å²) >= 11 is 0. The largest absolute Gasteiger partial charge is 0.497 e. The molecule has 3 rings (SSSR count). The second-order valence-corrected chi connectivity index (χ2v) is 7.02. The molecule has 0 aliphatic heterocycles. The number of methoxy groups -OCH3 is 1. The molecule has 0 radical (unpaired) electrons. The Morgan fingerprint density at radius 3 is 2.40 bits per heavy atom. The number of aromatic amines is 1. The zero-order valence-electron chi connectivity index (χ0n) is 17.4. The summed E-state index contributed by atoms with van der Waals surface area (Å²) in [6.07, 6.45) is 2.92. The van der Waals surface area contributed by atoms with E-state index in [1.54, 1.807) is 27.0 Å². The molecule has 0 aliphatic carbocycles. The summed E-state index contributed by atoms with van der Waals surface area (Å²) in [6.45, 7) is 4.48.